The van der Waals surface area contributed by atoms with Crippen molar-refractivity contribution in [2.45, 2.75) is 318 Å². The highest BCUT2D eigenvalue weighted by molar-refractivity contribution is 7.28. The number of hydrogen-bond acceptors (Lipinski definition) is 9. The number of unbranched alkanes of at least 4 members (excludes halogenated alkanes) is 30. The third-order valence-electron chi connectivity index (χ3n) is 18.5. The standard InChI is InChI=1S/C79H114N2S7/c1-8-14-20-26-32-38-44-60-52-53-82-76(60)68-57-64(48-42-36-30-24-18-12-5)78(86-68)70-55-62(46-40-34-28-22-16-10-3)74(84-70)66-50-51-67(73-72(66)80-88-81-73)75-63(47-41-35-29-23-17-11-4)56-71(85-75)79-65(49-43-37-31-25-19-13-6)58-69(87-79)77-61(54-59(7)83-77)45-39-33-27-21-15-9-2/h50-58H,8-49H2,1-7H3. The summed E-state index contributed by atoms with van der Waals surface area (Å²) in [6.45, 7) is 16.3. The predicted molar refractivity (Wildman–Crippen MR) is 405 cm³/mol. The van der Waals surface area contributed by atoms with Gasteiger partial charge in [-0.3, -0.25) is 0 Å². The molecule has 0 saturated heterocycles. The van der Waals surface area contributed by atoms with Gasteiger partial charge in [0.1, 0.15) is 11.0 Å². The van der Waals surface area contributed by atoms with Crippen LogP contribution in [0.15, 0.2) is 53.9 Å². The first-order chi connectivity index (χ1) is 43.4. The lowest BCUT2D eigenvalue weighted by atomic mass is 9.97. The number of thiophene rings is 6. The van der Waals surface area contributed by atoms with Crippen LogP contribution in [0.5, 0.6) is 0 Å². The molecule has 7 aromatic heterocycles. The Bertz CT molecular complexity index is 3180. The Morgan fingerprint density at radius 3 is 0.898 bits per heavy atom. The van der Waals surface area contributed by atoms with Gasteiger partial charge in [-0.2, -0.15) is 8.75 Å². The van der Waals surface area contributed by atoms with Gasteiger partial charge in [-0.25, -0.2) is 0 Å². The fraction of sp³-hybridized carbons (Fsp3) is 0.620. The Kier molecular flexibility index (Phi) is 32.6. The number of aromatic nitrogens is 2. The Labute approximate surface area is 565 Å². The molecule has 8 aromatic rings. The molecule has 0 radical (unpaired) electrons. The van der Waals surface area contributed by atoms with Crippen LogP contribution in [0.2, 0.25) is 0 Å². The highest BCUT2D eigenvalue weighted by atomic mass is 32.1. The van der Waals surface area contributed by atoms with Crippen LogP contribution >= 0.6 is 79.7 Å². The predicted octanol–water partition coefficient (Wildman–Crippen LogP) is 29.8. The summed E-state index contributed by atoms with van der Waals surface area (Å²) in [5.41, 5.74) is 14.1. The Morgan fingerprint density at radius 1 is 0.273 bits per heavy atom. The number of fused-ring (bicyclic) bond motifs is 1. The molecule has 2 nitrogen and oxygen atoms in total. The minimum atomic E-state index is 1.10. The third kappa shape index (κ3) is 21.4. The zero-order valence-corrected chi connectivity index (χ0v) is 61.9. The number of nitrogens with zero attached hydrogens (tertiary/aromatic N) is 2. The third-order valence-corrected chi connectivity index (χ3v) is 26.6. The maximum atomic E-state index is 5.33. The van der Waals surface area contributed by atoms with E-state index in [1.807, 2.05) is 22.7 Å². The van der Waals surface area contributed by atoms with E-state index in [0.29, 0.717) is 0 Å². The number of rotatable bonds is 48. The van der Waals surface area contributed by atoms with Crippen molar-refractivity contribution in [2.24, 2.45) is 0 Å². The van der Waals surface area contributed by atoms with Crippen molar-refractivity contribution in [3.63, 3.8) is 0 Å². The van der Waals surface area contributed by atoms with Crippen molar-refractivity contribution in [1.82, 2.24) is 8.75 Å². The van der Waals surface area contributed by atoms with Gasteiger partial charge in [0.15, 0.2) is 0 Å². The molecule has 0 bridgehead atoms. The van der Waals surface area contributed by atoms with E-state index < -0.39 is 0 Å². The topological polar surface area (TPSA) is 25.8 Å². The van der Waals surface area contributed by atoms with E-state index in [0.717, 1.165) is 36.7 Å². The largest absolute Gasteiger partial charge is 0.172 e. The maximum Gasteiger partial charge on any atom is 0.114 e. The van der Waals surface area contributed by atoms with Crippen LogP contribution in [-0.4, -0.2) is 8.75 Å². The summed E-state index contributed by atoms with van der Waals surface area (Å²) in [5, 5.41) is 2.37. The summed E-state index contributed by atoms with van der Waals surface area (Å²) in [6.07, 6.45) is 54.7. The molecule has 88 heavy (non-hydrogen) atoms. The fourth-order valence-corrected chi connectivity index (χ4v) is 21.3. The molecule has 0 aliphatic rings. The molecule has 1 aromatic carbocycles. The van der Waals surface area contributed by atoms with E-state index in [9.17, 15) is 0 Å². The van der Waals surface area contributed by atoms with Crippen LogP contribution in [0.3, 0.4) is 0 Å². The Morgan fingerprint density at radius 2 is 0.545 bits per heavy atom. The first-order valence-corrected chi connectivity index (χ1v) is 42.0. The lowest BCUT2D eigenvalue weighted by Crippen LogP contribution is -1.90. The van der Waals surface area contributed by atoms with Crippen LogP contribution in [0, 0.1) is 6.92 Å². The highest BCUT2D eigenvalue weighted by Crippen LogP contribution is 2.52. The van der Waals surface area contributed by atoms with Gasteiger partial charge in [-0.05, 0) is 159 Å². The highest BCUT2D eigenvalue weighted by Gasteiger charge is 2.26. The molecular formula is C79H114N2S7. The van der Waals surface area contributed by atoms with Crippen LogP contribution in [0.25, 0.3) is 70.9 Å². The van der Waals surface area contributed by atoms with Crippen LogP contribution in [0.1, 0.15) is 311 Å². The zero-order valence-electron chi connectivity index (χ0n) is 56.1. The molecule has 0 fully saturated rings. The summed E-state index contributed by atoms with van der Waals surface area (Å²) in [5.74, 6) is 0. The molecule has 482 valence electrons. The molecule has 7 heterocycles. The van der Waals surface area contributed by atoms with Gasteiger partial charge >= 0.3 is 0 Å². The fourth-order valence-electron chi connectivity index (χ4n) is 13.3. The number of aryl methyl sites for hydroxylation is 7. The summed E-state index contributed by atoms with van der Waals surface area (Å²) >= 11 is 13.8. The van der Waals surface area contributed by atoms with E-state index in [1.54, 1.807) is 22.3 Å². The van der Waals surface area contributed by atoms with Gasteiger partial charge in [0.25, 0.3) is 0 Å². The normalized spacial score (nSPS) is 11.9. The van der Waals surface area contributed by atoms with Crippen molar-refractivity contribution in [1.29, 1.82) is 0 Å². The molecule has 9 heteroatoms. The lowest BCUT2D eigenvalue weighted by molar-refractivity contribution is 0.608. The van der Waals surface area contributed by atoms with E-state index in [4.69, 9.17) is 8.75 Å². The molecule has 0 amide bonds. The minimum Gasteiger partial charge on any atom is -0.172 e. The van der Waals surface area contributed by atoms with Gasteiger partial charge in [0.2, 0.25) is 0 Å². The second-order valence-electron chi connectivity index (χ2n) is 26.1. The van der Waals surface area contributed by atoms with Crippen molar-refractivity contribution in [3.05, 3.63) is 92.2 Å². The van der Waals surface area contributed by atoms with Crippen LogP contribution in [-0.2, 0) is 38.5 Å². The summed E-state index contributed by atoms with van der Waals surface area (Å²) in [7, 11) is 0. The maximum absolute atomic E-state index is 5.33. The average Bonchev–Trinajstić information content (AvgIpc) is 2.77. The molecule has 0 spiro atoms. The monoisotopic (exact) mass is 1310 g/mol. The smallest absolute Gasteiger partial charge is 0.114 e. The molecule has 8 rings (SSSR count). The van der Waals surface area contributed by atoms with Crippen molar-refractivity contribution in [3.8, 4) is 59.9 Å². The van der Waals surface area contributed by atoms with E-state index >= 15 is 0 Å². The summed E-state index contributed by atoms with van der Waals surface area (Å²) < 4.78 is 10.7. The lowest BCUT2D eigenvalue weighted by Gasteiger charge is -2.09. The van der Waals surface area contributed by atoms with Crippen LogP contribution in [0.4, 0.5) is 0 Å². The number of benzene rings is 1. The number of hydrogen-bond donors (Lipinski definition) is 0. The van der Waals surface area contributed by atoms with Crippen LogP contribution < -0.4 is 0 Å². The molecule has 0 unspecified atom stereocenters. The summed E-state index contributed by atoms with van der Waals surface area (Å²) in [6, 6.07) is 20.5. The molecule has 0 N–H and O–H groups in total. The van der Waals surface area contributed by atoms with Crippen molar-refractivity contribution < 1.29 is 0 Å². The van der Waals surface area contributed by atoms with Gasteiger partial charge in [-0.1, -0.05) is 246 Å². The van der Waals surface area contributed by atoms with Gasteiger partial charge in [-0.15, -0.1) is 68.0 Å². The molecule has 0 aliphatic heterocycles. The first-order valence-electron chi connectivity index (χ1n) is 36.3. The quantitative estimate of drug-likeness (QED) is 0.0355. The first kappa shape index (κ1) is 71.1. The summed E-state index contributed by atoms with van der Waals surface area (Å²) in [4.78, 5) is 16.3. The van der Waals surface area contributed by atoms with Gasteiger partial charge in [0.05, 0.1) is 11.7 Å². The molecule has 0 aliphatic carbocycles. The molecule has 0 atom stereocenters. The second-order valence-corrected chi connectivity index (χ2v) is 33.0. The van der Waals surface area contributed by atoms with Crippen molar-refractivity contribution >= 4 is 90.8 Å². The van der Waals surface area contributed by atoms with E-state index in [-0.39, 0.29) is 0 Å². The molecular weight excluding hydrogens is 1200 g/mol. The zero-order chi connectivity index (χ0) is 61.6. The second kappa shape index (κ2) is 40.4. The van der Waals surface area contributed by atoms with E-state index in [2.05, 4.69) is 148 Å². The SMILES string of the molecule is CCCCCCCCc1ccsc1-c1cc(CCCCCCCC)c(-c2cc(CCCCCCCC)c(-c3ccc(-c4sc(-c5sc(-c6sc(C)cc6CCCCCCCC)cc5CCCCCCCC)cc4CCCCCCCC)c4nsnc34)s2)s1. The van der Waals surface area contributed by atoms with Gasteiger partial charge in [0, 0.05) is 64.8 Å². The Hall–Kier alpha value is -2.76. The molecule has 0 saturated carbocycles. The van der Waals surface area contributed by atoms with Crippen molar-refractivity contribution in [2.75, 3.05) is 0 Å². The average molecular weight is 1320 g/mol. The van der Waals surface area contributed by atoms with E-state index in [1.165, 1.54) is 332 Å². The van der Waals surface area contributed by atoms with Gasteiger partial charge < -0.3 is 0 Å². The Balaban J connectivity index is 1.17. The minimum absolute atomic E-state index is 1.10.